The predicted octanol–water partition coefficient (Wildman–Crippen LogP) is 4.98. The molecule has 0 unspecified atom stereocenters. The van der Waals surface area contributed by atoms with Gasteiger partial charge in [0.1, 0.15) is 35.1 Å². The van der Waals surface area contributed by atoms with Crippen LogP contribution in [-0.2, 0) is 4.74 Å². The van der Waals surface area contributed by atoms with Gasteiger partial charge in [0.05, 0.1) is 7.11 Å². The fourth-order valence-electron chi connectivity index (χ4n) is 2.48. The Hall–Kier alpha value is -3.08. The summed E-state index contributed by atoms with van der Waals surface area (Å²) >= 11 is 0. The van der Waals surface area contributed by atoms with E-state index < -0.39 is 5.97 Å². The number of carbonyl (C=O) groups is 1. The van der Waals surface area contributed by atoms with Crippen molar-refractivity contribution in [2.45, 2.75) is 6.92 Å². The Bertz CT molecular complexity index is 938. The first-order valence-electron chi connectivity index (χ1n) is 7.67. The molecule has 0 aliphatic rings. The van der Waals surface area contributed by atoms with Gasteiger partial charge in [0.15, 0.2) is 0 Å². The number of ether oxygens (including phenoxy) is 2. The first-order valence-corrected chi connectivity index (χ1v) is 7.67. The lowest BCUT2D eigenvalue weighted by molar-refractivity contribution is 0.0603. The van der Waals surface area contributed by atoms with Crippen molar-refractivity contribution in [2.75, 3.05) is 13.7 Å². The van der Waals surface area contributed by atoms with E-state index >= 15 is 0 Å². The van der Waals surface area contributed by atoms with Crippen LogP contribution in [0.25, 0.3) is 22.3 Å². The normalized spacial score (nSPS) is 10.7. The van der Waals surface area contributed by atoms with Crippen LogP contribution in [0.4, 0.5) is 4.39 Å². The van der Waals surface area contributed by atoms with Crippen LogP contribution >= 0.6 is 0 Å². The highest BCUT2D eigenvalue weighted by Crippen LogP contribution is 2.36. The number of methoxy groups -OCH3 is 1. The van der Waals surface area contributed by atoms with Gasteiger partial charge in [0, 0.05) is 10.9 Å². The Kier molecular flexibility index (Phi) is 4.57. The van der Waals surface area contributed by atoms with Crippen molar-refractivity contribution < 1.29 is 23.1 Å². The third-order valence-corrected chi connectivity index (χ3v) is 3.64. The minimum atomic E-state index is -0.532. The van der Waals surface area contributed by atoms with Gasteiger partial charge in [-0.25, -0.2) is 9.18 Å². The van der Waals surface area contributed by atoms with Crippen LogP contribution in [0.15, 0.2) is 59.0 Å². The van der Waals surface area contributed by atoms with Crippen molar-refractivity contribution in [2.24, 2.45) is 0 Å². The first-order chi connectivity index (χ1) is 12.0. The molecule has 0 aliphatic heterocycles. The van der Waals surface area contributed by atoms with Gasteiger partial charge in [-0.2, -0.15) is 0 Å². The molecule has 4 nitrogen and oxygen atoms in total. The SMILES string of the molecule is C=C(C)COc1ccc2oc(-c3ccc(F)cc3)c(C(=O)OC)c2c1. The molecule has 0 fully saturated rings. The molecule has 0 aliphatic carbocycles. The summed E-state index contributed by atoms with van der Waals surface area (Å²) in [4.78, 5) is 12.3. The van der Waals surface area contributed by atoms with Crippen LogP contribution in [0.2, 0.25) is 0 Å². The number of rotatable bonds is 5. The number of hydrogen-bond donors (Lipinski definition) is 0. The maximum atomic E-state index is 13.2. The lowest BCUT2D eigenvalue weighted by atomic mass is 10.1. The molecule has 0 amide bonds. The van der Waals surface area contributed by atoms with Gasteiger partial charge in [-0.3, -0.25) is 0 Å². The molecule has 0 saturated heterocycles. The summed E-state index contributed by atoms with van der Waals surface area (Å²) in [6, 6.07) is 10.9. The van der Waals surface area contributed by atoms with Crippen molar-refractivity contribution >= 4 is 16.9 Å². The molecule has 1 heterocycles. The average Bonchev–Trinajstić information content (AvgIpc) is 2.98. The van der Waals surface area contributed by atoms with Crippen LogP contribution < -0.4 is 4.74 Å². The Morgan fingerprint density at radius 1 is 1.20 bits per heavy atom. The molecule has 25 heavy (non-hydrogen) atoms. The lowest BCUT2D eigenvalue weighted by Gasteiger charge is -2.05. The van der Waals surface area contributed by atoms with Gasteiger partial charge in [-0.05, 0) is 55.0 Å². The molecule has 3 rings (SSSR count). The van der Waals surface area contributed by atoms with Gasteiger partial charge in [-0.15, -0.1) is 0 Å². The van der Waals surface area contributed by atoms with Crippen LogP contribution in [0, 0.1) is 5.82 Å². The molecule has 1 aromatic heterocycles. The maximum Gasteiger partial charge on any atom is 0.342 e. The molecule has 0 radical (unpaired) electrons. The summed E-state index contributed by atoms with van der Waals surface area (Å²) < 4.78 is 29.6. The molecular weight excluding hydrogens is 323 g/mol. The van der Waals surface area contributed by atoms with E-state index in [2.05, 4.69) is 6.58 Å². The molecule has 0 saturated carbocycles. The number of esters is 1. The average molecular weight is 340 g/mol. The standard InChI is InChI=1S/C20H17FO4/c1-12(2)11-24-15-8-9-17-16(10-15)18(20(22)23-3)19(25-17)13-4-6-14(21)7-5-13/h4-10H,1,11H2,2-3H3. The third-order valence-electron chi connectivity index (χ3n) is 3.64. The third kappa shape index (κ3) is 3.40. The van der Waals surface area contributed by atoms with E-state index in [4.69, 9.17) is 13.9 Å². The van der Waals surface area contributed by atoms with Crippen molar-refractivity contribution in [1.29, 1.82) is 0 Å². The van der Waals surface area contributed by atoms with Gasteiger partial charge < -0.3 is 13.9 Å². The molecule has 0 N–H and O–H groups in total. The minimum Gasteiger partial charge on any atom is -0.489 e. The van der Waals surface area contributed by atoms with Crippen molar-refractivity contribution in [3.05, 3.63) is 66.0 Å². The molecule has 0 spiro atoms. The van der Waals surface area contributed by atoms with Crippen LogP contribution in [0.1, 0.15) is 17.3 Å². The van der Waals surface area contributed by atoms with E-state index in [0.717, 1.165) is 5.57 Å². The van der Waals surface area contributed by atoms with Crippen LogP contribution in [-0.4, -0.2) is 19.7 Å². The van der Waals surface area contributed by atoms with E-state index in [9.17, 15) is 9.18 Å². The zero-order valence-corrected chi connectivity index (χ0v) is 14.0. The number of hydrogen-bond acceptors (Lipinski definition) is 4. The second kappa shape index (κ2) is 6.81. The van der Waals surface area contributed by atoms with E-state index in [1.54, 1.807) is 30.3 Å². The maximum absolute atomic E-state index is 13.2. The highest BCUT2D eigenvalue weighted by Gasteiger charge is 2.23. The van der Waals surface area contributed by atoms with Gasteiger partial charge in [0.2, 0.25) is 0 Å². The summed E-state index contributed by atoms with van der Waals surface area (Å²) in [6.07, 6.45) is 0. The number of halogens is 1. The molecule has 2 aromatic carbocycles. The van der Waals surface area contributed by atoms with Crippen molar-refractivity contribution in [1.82, 2.24) is 0 Å². The fourth-order valence-corrected chi connectivity index (χ4v) is 2.48. The van der Waals surface area contributed by atoms with Crippen molar-refractivity contribution in [3.8, 4) is 17.1 Å². The summed E-state index contributed by atoms with van der Waals surface area (Å²) in [5.74, 6) is 0.0242. The second-order valence-corrected chi connectivity index (χ2v) is 5.71. The molecular formula is C20H17FO4. The van der Waals surface area contributed by atoms with Crippen LogP contribution in [0.5, 0.6) is 5.75 Å². The monoisotopic (exact) mass is 340 g/mol. The fraction of sp³-hybridized carbons (Fsp3) is 0.150. The number of benzene rings is 2. The van der Waals surface area contributed by atoms with Gasteiger partial charge in [0.25, 0.3) is 0 Å². The largest absolute Gasteiger partial charge is 0.489 e. The molecule has 3 aromatic rings. The highest BCUT2D eigenvalue weighted by atomic mass is 19.1. The summed E-state index contributed by atoms with van der Waals surface area (Å²) in [5.41, 5.74) is 2.27. The molecule has 0 bridgehead atoms. The predicted molar refractivity (Wildman–Crippen MR) is 93.3 cm³/mol. The number of furan rings is 1. The minimum absolute atomic E-state index is 0.282. The number of fused-ring (bicyclic) bond motifs is 1. The Balaban J connectivity index is 2.15. The van der Waals surface area contributed by atoms with Gasteiger partial charge >= 0.3 is 5.97 Å². The Labute approximate surface area is 144 Å². The summed E-state index contributed by atoms with van der Waals surface area (Å²) in [7, 11) is 1.30. The molecule has 0 atom stereocenters. The van der Waals surface area contributed by atoms with E-state index in [0.29, 0.717) is 34.6 Å². The Morgan fingerprint density at radius 3 is 2.56 bits per heavy atom. The smallest absolute Gasteiger partial charge is 0.342 e. The molecule has 128 valence electrons. The van der Waals surface area contributed by atoms with E-state index in [1.165, 1.54) is 19.2 Å². The first kappa shape index (κ1) is 16.8. The number of carbonyl (C=O) groups excluding carboxylic acids is 1. The second-order valence-electron chi connectivity index (χ2n) is 5.71. The quantitative estimate of drug-likeness (QED) is 0.485. The molecule has 5 heteroatoms. The topological polar surface area (TPSA) is 48.7 Å². The van der Waals surface area contributed by atoms with Crippen molar-refractivity contribution in [3.63, 3.8) is 0 Å². The van der Waals surface area contributed by atoms with Crippen LogP contribution in [0.3, 0.4) is 0 Å². The summed E-state index contributed by atoms with van der Waals surface area (Å²) in [6.45, 7) is 6.03. The van der Waals surface area contributed by atoms with Gasteiger partial charge in [-0.1, -0.05) is 6.58 Å². The van der Waals surface area contributed by atoms with E-state index in [1.807, 2.05) is 6.92 Å². The lowest BCUT2D eigenvalue weighted by Crippen LogP contribution is -2.02. The zero-order chi connectivity index (χ0) is 18.0. The Morgan fingerprint density at radius 2 is 1.92 bits per heavy atom. The van der Waals surface area contributed by atoms with E-state index in [-0.39, 0.29) is 11.4 Å². The summed E-state index contributed by atoms with van der Waals surface area (Å²) in [5, 5.41) is 0.574. The zero-order valence-electron chi connectivity index (χ0n) is 14.0. The highest BCUT2D eigenvalue weighted by molar-refractivity contribution is 6.09.